The predicted octanol–water partition coefficient (Wildman–Crippen LogP) is -0.0984. The van der Waals surface area contributed by atoms with Gasteiger partial charge < -0.3 is 19.6 Å². The van der Waals surface area contributed by atoms with Crippen LogP contribution in [0.25, 0.3) is 0 Å². The van der Waals surface area contributed by atoms with Crippen LogP contribution in [0.2, 0.25) is 0 Å². The Morgan fingerprint density at radius 3 is 2.48 bits per heavy atom. The number of hydrogen-bond donors (Lipinski definition) is 1. The number of thioether (sulfide) groups is 1. The van der Waals surface area contributed by atoms with Gasteiger partial charge in [-0.3, -0.25) is 14.4 Å². The molecular weight excluding hydrogens is 296 g/mol. The number of rotatable bonds is 8. The number of carboxylic acid groups (broad SMARTS) is 1. The molecule has 0 aromatic rings. The van der Waals surface area contributed by atoms with Gasteiger partial charge in [0, 0.05) is 19.6 Å². The van der Waals surface area contributed by atoms with Gasteiger partial charge in [0.15, 0.2) is 0 Å². The Hall–Kier alpha value is -1.28. The van der Waals surface area contributed by atoms with Crippen LogP contribution in [0.1, 0.15) is 13.3 Å². The van der Waals surface area contributed by atoms with Gasteiger partial charge in [-0.15, -0.1) is 11.8 Å². The zero-order chi connectivity index (χ0) is 15.7. The molecule has 0 aromatic carbocycles. The molecule has 1 aliphatic heterocycles. The second kappa shape index (κ2) is 9.62. The Bertz CT molecular complexity index is 372. The highest BCUT2D eigenvalue weighted by atomic mass is 32.2. The fourth-order valence-electron chi connectivity index (χ4n) is 1.95. The van der Waals surface area contributed by atoms with Crippen LogP contribution in [0.4, 0.5) is 0 Å². The van der Waals surface area contributed by atoms with Gasteiger partial charge in [0.05, 0.1) is 24.7 Å². The van der Waals surface area contributed by atoms with Crippen molar-refractivity contribution in [3.8, 4) is 0 Å². The van der Waals surface area contributed by atoms with E-state index in [2.05, 4.69) is 0 Å². The topological polar surface area (TPSA) is 87.2 Å². The molecule has 0 saturated carbocycles. The molecule has 7 nitrogen and oxygen atoms in total. The number of carbonyl (C=O) groups excluding carboxylic acids is 2. The van der Waals surface area contributed by atoms with E-state index in [1.165, 1.54) is 16.7 Å². The van der Waals surface area contributed by atoms with Gasteiger partial charge >= 0.3 is 5.97 Å². The van der Waals surface area contributed by atoms with E-state index in [4.69, 9.17) is 9.84 Å². The molecule has 0 atom stereocenters. The highest BCUT2D eigenvalue weighted by Crippen LogP contribution is 2.07. The van der Waals surface area contributed by atoms with Gasteiger partial charge in [0.1, 0.15) is 6.54 Å². The van der Waals surface area contributed by atoms with Gasteiger partial charge in [-0.2, -0.15) is 0 Å². The van der Waals surface area contributed by atoms with Crippen molar-refractivity contribution in [2.45, 2.75) is 13.3 Å². The minimum atomic E-state index is -1.02. The summed E-state index contributed by atoms with van der Waals surface area (Å²) in [6, 6.07) is 0. The van der Waals surface area contributed by atoms with Crippen LogP contribution in [-0.2, 0) is 19.1 Å². The lowest BCUT2D eigenvalue weighted by atomic mass is 10.4. The first-order chi connectivity index (χ1) is 10.0. The molecule has 1 aliphatic rings. The highest BCUT2D eigenvalue weighted by molar-refractivity contribution is 8.00. The molecule has 0 aliphatic carbocycles. The SMILES string of the molecule is CCCN(CC(=O)O)C(=O)CSCC(=O)N1CCOCC1. The Labute approximate surface area is 128 Å². The molecule has 120 valence electrons. The number of nitrogens with zero attached hydrogens (tertiary/aromatic N) is 2. The van der Waals surface area contributed by atoms with Crippen molar-refractivity contribution in [2.75, 3.05) is 50.9 Å². The van der Waals surface area contributed by atoms with Crippen LogP contribution < -0.4 is 0 Å². The molecule has 21 heavy (non-hydrogen) atoms. The van der Waals surface area contributed by atoms with E-state index in [0.717, 1.165) is 0 Å². The summed E-state index contributed by atoms with van der Waals surface area (Å²) >= 11 is 1.23. The zero-order valence-corrected chi connectivity index (χ0v) is 13.1. The molecule has 0 aromatic heterocycles. The van der Waals surface area contributed by atoms with Crippen molar-refractivity contribution in [1.82, 2.24) is 9.80 Å². The summed E-state index contributed by atoms with van der Waals surface area (Å²) in [5, 5.41) is 8.77. The first-order valence-corrected chi connectivity index (χ1v) is 8.13. The number of aliphatic carboxylic acids is 1. The molecule has 1 heterocycles. The lowest BCUT2D eigenvalue weighted by Gasteiger charge is -2.26. The molecule has 2 amide bonds. The first kappa shape index (κ1) is 17.8. The van der Waals surface area contributed by atoms with E-state index < -0.39 is 5.97 Å². The Morgan fingerprint density at radius 1 is 1.24 bits per heavy atom. The van der Waals surface area contributed by atoms with Crippen LogP contribution >= 0.6 is 11.8 Å². The number of carbonyl (C=O) groups is 3. The van der Waals surface area contributed by atoms with E-state index in [-0.39, 0.29) is 29.9 Å². The fourth-order valence-corrected chi connectivity index (χ4v) is 2.76. The van der Waals surface area contributed by atoms with Crippen LogP contribution in [-0.4, -0.2) is 83.6 Å². The standard InChI is InChI=1S/C13H22N2O5S/c1-2-3-15(8-13(18)19)12(17)10-21-9-11(16)14-4-6-20-7-5-14/h2-10H2,1H3,(H,18,19). The van der Waals surface area contributed by atoms with Crippen molar-refractivity contribution in [3.63, 3.8) is 0 Å². The van der Waals surface area contributed by atoms with Crippen LogP contribution in [0.3, 0.4) is 0 Å². The Balaban J connectivity index is 2.30. The van der Waals surface area contributed by atoms with Gasteiger partial charge in [0.25, 0.3) is 0 Å². The summed E-state index contributed by atoms with van der Waals surface area (Å²) in [4.78, 5) is 37.5. The van der Waals surface area contributed by atoms with E-state index in [1.54, 1.807) is 4.90 Å². The summed E-state index contributed by atoms with van der Waals surface area (Å²) in [5.41, 5.74) is 0. The molecule has 1 rings (SSSR count). The molecule has 0 spiro atoms. The molecule has 8 heteroatoms. The van der Waals surface area contributed by atoms with Crippen LogP contribution in [0, 0.1) is 0 Å². The van der Waals surface area contributed by atoms with Gasteiger partial charge in [-0.05, 0) is 6.42 Å². The molecule has 1 N–H and O–H groups in total. The summed E-state index contributed by atoms with van der Waals surface area (Å²) in [5.74, 6) is -0.899. The third-order valence-corrected chi connectivity index (χ3v) is 3.89. The van der Waals surface area contributed by atoms with Crippen molar-refractivity contribution in [3.05, 3.63) is 0 Å². The largest absolute Gasteiger partial charge is 0.480 e. The van der Waals surface area contributed by atoms with Gasteiger partial charge in [-0.1, -0.05) is 6.92 Å². The van der Waals surface area contributed by atoms with Crippen LogP contribution in [0.15, 0.2) is 0 Å². The average Bonchev–Trinajstić information content (AvgIpc) is 2.47. The van der Waals surface area contributed by atoms with E-state index in [9.17, 15) is 14.4 Å². The molecule has 1 saturated heterocycles. The Morgan fingerprint density at radius 2 is 1.90 bits per heavy atom. The number of morpholine rings is 1. The molecule has 1 fully saturated rings. The number of carboxylic acids is 1. The summed E-state index contributed by atoms with van der Waals surface area (Å²) in [7, 11) is 0. The third-order valence-electron chi connectivity index (χ3n) is 2.99. The van der Waals surface area contributed by atoms with Crippen molar-refractivity contribution >= 4 is 29.5 Å². The Kier molecular flexibility index (Phi) is 8.14. The molecule has 0 bridgehead atoms. The van der Waals surface area contributed by atoms with E-state index in [0.29, 0.717) is 39.3 Å². The maximum Gasteiger partial charge on any atom is 0.323 e. The van der Waals surface area contributed by atoms with Crippen molar-refractivity contribution in [1.29, 1.82) is 0 Å². The first-order valence-electron chi connectivity index (χ1n) is 6.97. The molecule has 0 radical (unpaired) electrons. The lowest BCUT2D eigenvalue weighted by Crippen LogP contribution is -2.42. The van der Waals surface area contributed by atoms with Crippen molar-refractivity contribution in [2.24, 2.45) is 0 Å². The quantitative estimate of drug-likeness (QED) is 0.672. The van der Waals surface area contributed by atoms with Crippen LogP contribution in [0.5, 0.6) is 0 Å². The minimum absolute atomic E-state index is 0.00336. The number of hydrogen-bond acceptors (Lipinski definition) is 5. The molecule has 0 unspecified atom stereocenters. The monoisotopic (exact) mass is 318 g/mol. The molecular formula is C13H22N2O5S. The maximum absolute atomic E-state index is 11.9. The maximum atomic E-state index is 11.9. The second-order valence-electron chi connectivity index (χ2n) is 4.69. The highest BCUT2D eigenvalue weighted by Gasteiger charge is 2.19. The smallest absolute Gasteiger partial charge is 0.323 e. The van der Waals surface area contributed by atoms with Gasteiger partial charge in [0.2, 0.25) is 11.8 Å². The van der Waals surface area contributed by atoms with E-state index >= 15 is 0 Å². The predicted molar refractivity (Wildman–Crippen MR) is 79.2 cm³/mol. The second-order valence-corrected chi connectivity index (χ2v) is 5.68. The van der Waals surface area contributed by atoms with Gasteiger partial charge in [-0.25, -0.2) is 0 Å². The lowest BCUT2D eigenvalue weighted by molar-refractivity contribution is -0.143. The summed E-state index contributed by atoms with van der Waals surface area (Å²) < 4.78 is 5.17. The third kappa shape index (κ3) is 6.81. The number of ether oxygens (including phenoxy) is 1. The normalized spacial score (nSPS) is 14.8. The summed E-state index contributed by atoms with van der Waals surface area (Å²) in [6.07, 6.45) is 0.705. The minimum Gasteiger partial charge on any atom is -0.480 e. The number of amides is 2. The van der Waals surface area contributed by atoms with E-state index in [1.807, 2.05) is 6.92 Å². The average molecular weight is 318 g/mol. The summed E-state index contributed by atoms with van der Waals surface area (Å²) in [6.45, 7) is 4.31. The van der Waals surface area contributed by atoms with Crippen molar-refractivity contribution < 1.29 is 24.2 Å². The zero-order valence-electron chi connectivity index (χ0n) is 12.2. The fraction of sp³-hybridized carbons (Fsp3) is 0.769.